The fourth-order valence-corrected chi connectivity index (χ4v) is 1.27. The van der Waals surface area contributed by atoms with Gasteiger partial charge in [-0.25, -0.2) is 0 Å². The molecule has 1 unspecified atom stereocenters. The number of hydrogen-bond acceptors (Lipinski definition) is 3. The summed E-state index contributed by atoms with van der Waals surface area (Å²) in [5.74, 6) is -1.68. The van der Waals surface area contributed by atoms with E-state index in [9.17, 15) is 9.59 Å². The van der Waals surface area contributed by atoms with E-state index >= 15 is 0 Å². The van der Waals surface area contributed by atoms with Crippen LogP contribution >= 0.6 is 11.6 Å². The van der Waals surface area contributed by atoms with Crippen molar-refractivity contribution >= 4 is 23.4 Å². The maximum Gasteiger partial charge on any atom is 0.328 e. The van der Waals surface area contributed by atoms with E-state index in [1.807, 2.05) is 0 Å². The number of carbonyl (C=O) groups is 2. The van der Waals surface area contributed by atoms with Gasteiger partial charge < -0.3 is 10.4 Å². The van der Waals surface area contributed by atoms with E-state index in [0.717, 1.165) is 0 Å². The minimum atomic E-state index is -1.22. The lowest BCUT2D eigenvalue weighted by molar-refractivity contribution is -0.137. The third-order valence-electron chi connectivity index (χ3n) is 1.93. The van der Waals surface area contributed by atoms with Crippen molar-refractivity contribution in [3.8, 4) is 0 Å². The molecule has 1 rings (SSSR count). The molecule has 2 N–H and O–H groups in total. The Balaban J connectivity index is 2.93. The molecule has 15 heavy (non-hydrogen) atoms. The first-order valence-electron chi connectivity index (χ1n) is 4.26. The molecule has 1 aromatic rings. The van der Waals surface area contributed by atoms with Crippen LogP contribution in [0.25, 0.3) is 0 Å². The maximum absolute atomic E-state index is 11.6. The van der Waals surface area contributed by atoms with E-state index in [1.165, 1.54) is 19.2 Å². The molecule has 5 heteroatoms. The summed E-state index contributed by atoms with van der Waals surface area (Å²) in [4.78, 5) is 22.3. The summed E-state index contributed by atoms with van der Waals surface area (Å²) in [6.07, 6.45) is 0. The molecule has 1 aromatic carbocycles. The lowest BCUT2D eigenvalue weighted by Crippen LogP contribution is -2.41. The largest absolute Gasteiger partial charge is 0.480 e. The molecule has 0 amide bonds. The quantitative estimate of drug-likeness (QED) is 0.599. The summed E-state index contributed by atoms with van der Waals surface area (Å²) in [5.41, 5.74) is 0.321. The van der Waals surface area contributed by atoms with Crippen molar-refractivity contribution in [1.82, 2.24) is 5.32 Å². The van der Waals surface area contributed by atoms with Gasteiger partial charge in [-0.1, -0.05) is 11.6 Å². The normalized spacial score (nSPS) is 12.1. The molecule has 0 aliphatic heterocycles. The Labute approximate surface area is 91.9 Å². The number of halogens is 1. The van der Waals surface area contributed by atoms with Crippen molar-refractivity contribution in [2.75, 3.05) is 7.05 Å². The van der Waals surface area contributed by atoms with Gasteiger partial charge in [-0.05, 0) is 31.3 Å². The molecular weight excluding hydrogens is 218 g/mol. The predicted octanol–water partition coefficient (Wildman–Crippen LogP) is 1.20. The van der Waals surface area contributed by atoms with Gasteiger partial charge in [-0.2, -0.15) is 0 Å². The summed E-state index contributed by atoms with van der Waals surface area (Å²) in [7, 11) is 1.42. The van der Waals surface area contributed by atoms with Crippen LogP contribution in [0, 0.1) is 0 Å². The molecule has 0 heterocycles. The Hall–Kier alpha value is -1.39. The Morgan fingerprint density at radius 1 is 1.33 bits per heavy atom. The van der Waals surface area contributed by atoms with Gasteiger partial charge in [0.25, 0.3) is 0 Å². The van der Waals surface area contributed by atoms with Gasteiger partial charge in [-0.15, -0.1) is 0 Å². The van der Waals surface area contributed by atoms with Crippen LogP contribution in [-0.4, -0.2) is 29.9 Å². The molecule has 1 atom stereocenters. The van der Waals surface area contributed by atoms with Gasteiger partial charge in [-0.3, -0.25) is 9.59 Å². The van der Waals surface area contributed by atoms with Crippen molar-refractivity contribution in [3.05, 3.63) is 34.9 Å². The summed E-state index contributed by atoms with van der Waals surface area (Å²) in [6.45, 7) is 0. The lowest BCUT2D eigenvalue weighted by Gasteiger charge is -2.09. The van der Waals surface area contributed by atoms with Gasteiger partial charge in [0.1, 0.15) is 0 Å². The van der Waals surface area contributed by atoms with E-state index in [-0.39, 0.29) is 0 Å². The van der Waals surface area contributed by atoms with Crippen molar-refractivity contribution in [2.24, 2.45) is 0 Å². The van der Waals surface area contributed by atoms with Gasteiger partial charge >= 0.3 is 5.97 Å². The number of benzene rings is 1. The Morgan fingerprint density at radius 2 is 1.87 bits per heavy atom. The first kappa shape index (κ1) is 11.7. The van der Waals surface area contributed by atoms with Crippen molar-refractivity contribution in [3.63, 3.8) is 0 Å². The zero-order valence-electron chi connectivity index (χ0n) is 8.03. The molecule has 4 nitrogen and oxygen atoms in total. The average Bonchev–Trinajstić information content (AvgIpc) is 2.19. The Morgan fingerprint density at radius 3 is 2.27 bits per heavy atom. The van der Waals surface area contributed by atoms with E-state index in [2.05, 4.69) is 5.32 Å². The van der Waals surface area contributed by atoms with Gasteiger partial charge in [0.2, 0.25) is 0 Å². The first-order valence-corrected chi connectivity index (χ1v) is 4.64. The van der Waals surface area contributed by atoms with Crippen LogP contribution in [0.5, 0.6) is 0 Å². The van der Waals surface area contributed by atoms with E-state index in [1.54, 1.807) is 12.1 Å². The number of ketones is 1. The number of aliphatic carboxylic acids is 1. The fourth-order valence-electron chi connectivity index (χ4n) is 1.15. The van der Waals surface area contributed by atoms with Crippen LogP contribution in [0.4, 0.5) is 0 Å². The van der Waals surface area contributed by atoms with Crippen LogP contribution in [0.2, 0.25) is 5.02 Å². The Kier molecular flexibility index (Phi) is 3.82. The third kappa shape index (κ3) is 2.78. The summed E-state index contributed by atoms with van der Waals surface area (Å²) in [5, 5.41) is 11.7. The van der Waals surface area contributed by atoms with Crippen LogP contribution in [0.15, 0.2) is 24.3 Å². The zero-order valence-corrected chi connectivity index (χ0v) is 8.78. The van der Waals surface area contributed by atoms with E-state index in [0.29, 0.717) is 10.6 Å². The molecule has 0 aliphatic carbocycles. The molecule has 0 bridgehead atoms. The third-order valence-corrected chi connectivity index (χ3v) is 2.18. The molecule has 0 aromatic heterocycles. The standard InChI is InChI=1S/C10H10ClNO3/c1-12-8(10(14)15)9(13)6-2-4-7(11)5-3-6/h2-5,8,12H,1H3,(H,14,15). The highest BCUT2D eigenvalue weighted by atomic mass is 35.5. The van der Waals surface area contributed by atoms with Gasteiger partial charge in [0, 0.05) is 10.6 Å². The Bertz CT molecular complexity index is 375. The number of carboxylic acids is 1. The number of carbonyl (C=O) groups excluding carboxylic acids is 1. The number of likely N-dealkylation sites (N-methyl/N-ethyl adjacent to an activating group) is 1. The number of Topliss-reactive ketones (excluding diaryl/α,β-unsaturated/α-hetero) is 1. The van der Waals surface area contributed by atoms with Crippen LogP contribution < -0.4 is 5.32 Å². The second kappa shape index (κ2) is 4.91. The summed E-state index contributed by atoms with van der Waals surface area (Å²) >= 11 is 5.65. The minimum absolute atomic E-state index is 0.321. The van der Waals surface area contributed by atoms with Crippen LogP contribution in [0.3, 0.4) is 0 Å². The SMILES string of the molecule is CNC(C(=O)O)C(=O)c1ccc(Cl)cc1. The molecule has 80 valence electrons. The van der Waals surface area contributed by atoms with Crippen molar-refractivity contribution in [2.45, 2.75) is 6.04 Å². The molecule has 0 fully saturated rings. The number of hydrogen-bond donors (Lipinski definition) is 2. The maximum atomic E-state index is 11.6. The molecule has 0 saturated carbocycles. The molecule has 0 spiro atoms. The summed E-state index contributed by atoms with van der Waals surface area (Å²) in [6, 6.07) is 4.87. The first-order chi connectivity index (χ1) is 7.06. The number of rotatable bonds is 4. The second-order valence-corrected chi connectivity index (χ2v) is 3.37. The molecule has 0 radical (unpaired) electrons. The average molecular weight is 228 g/mol. The second-order valence-electron chi connectivity index (χ2n) is 2.93. The summed E-state index contributed by atoms with van der Waals surface area (Å²) < 4.78 is 0. The lowest BCUT2D eigenvalue weighted by atomic mass is 10.0. The van der Waals surface area contributed by atoms with Gasteiger partial charge in [0.15, 0.2) is 11.8 Å². The van der Waals surface area contributed by atoms with Crippen LogP contribution in [-0.2, 0) is 4.79 Å². The smallest absolute Gasteiger partial charge is 0.328 e. The molecule has 0 aliphatic rings. The van der Waals surface area contributed by atoms with Crippen molar-refractivity contribution < 1.29 is 14.7 Å². The van der Waals surface area contributed by atoms with Crippen molar-refractivity contribution in [1.29, 1.82) is 0 Å². The van der Waals surface area contributed by atoms with E-state index in [4.69, 9.17) is 16.7 Å². The van der Waals surface area contributed by atoms with E-state index < -0.39 is 17.8 Å². The monoisotopic (exact) mass is 227 g/mol. The topological polar surface area (TPSA) is 66.4 Å². The predicted molar refractivity (Wildman–Crippen MR) is 56.3 cm³/mol. The highest BCUT2D eigenvalue weighted by Gasteiger charge is 2.24. The molecular formula is C10H10ClNO3. The zero-order chi connectivity index (χ0) is 11.4. The number of nitrogens with one attached hydrogen (secondary N) is 1. The number of carboxylic acid groups (broad SMARTS) is 1. The highest BCUT2D eigenvalue weighted by Crippen LogP contribution is 2.11. The van der Waals surface area contributed by atoms with Crippen LogP contribution in [0.1, 0.15) is 10.4 Å². The van der Waals surface area contributed by atoms with Gasteiger partial charge in [0.05, 0.1) is 0 Å². The fraction of sp³-hybridized carbons (Fsp3) is 0.200. The minimum Gasteiger partial charge on any atom is -0.480 e. The molecule has 0 saturated heterocycles. The highest BCUT2D eigenvalue weighted by molar-refractivity contribution is 6.30.